The Labute approximate surface area is 115 Å². The number of hydrogen-bond donors (Lipinski definition) is 1. The fourth-order valence-corrected chi connectivity index (χ4v) is 1.84. The topological polar surface area (TPSA) is 95.4 Å². The van der Waals surface area contributed by atoms with Crippen molar-refractivity contribution in [2.24, 2.45) is 5.73 Å². The average Bonchev–Trinajstić information content (AvgIpc) is 2.98. The van der Waals surface area contributed by atoms with E-state index in [1.54, 1.807) is 35.8 Å². The summed E-state index contributed by atoms with van der Waals surface area (Å²) >= 11 is 0. The molecule has 0 radical (unpaired) electrons. The average molecular weight is 267 g/mol. The van der Waals surface area contributed by atoms with Gasteiger partial charge in [-0.05, 0) is 19.1 Å². The monoisotopic (exact) mass is 267 g/mol. The van der Waals surface area contributed by atoms with Crippen LogP contribution in [0.15, 0.2) is 43.2 Å². The summed E-state index contributed by atoms with van der Waals surface area (Å²) in [6.07, 6.45) is 8.25. The molecule has 1 unspecified atom stereocenters. The third-order valence-electron chi connectivity index (χ3n) is 2.77. The normalized spacial score (nSPS) is 12.3. The third-order valence-corrected chi connectivity index (χ3v) is 2.77. The number of aromatic nitrogens is 6. The minimum atomic E-state index is -0.232. The summed E-state index contributed by atoms with van der Waals surface area (Å²) in [6.45, 7) is 1.85. The van der Waals surface area contributed by atoms with Crippen LogP contribution < -0.4 is 5.73 Å². The molecular formula is C13H13N7. The van der Waals surface area contributed by atoms with E-state index in [0.29, 0.717) is 17.2 Å². The van der Waals surface area contributed by atoms with Crippen LogP contribution in [0, 0.1) is 0 Å². The maximum atomic E-state index is 5.89. The van der Waals surface area contributed by atoms with Crippen molar-refractivity contribution in [2.75, 3.05) is 0 Å². The Bertz CT molecular complexity index is 706. The molecule has 0 fully saturated rings. The Morgan fingerprint density at radius 3 is 2.75 bits per heavy atom. The van der Waals surface area contributed by atoms with E-state index >= 15 is 0 Å². The van der Waals surface area contributed by atoms with Gasteiger partial charge in [0.2, 0.25) is 5.82 Å². The first kappa shape index (κ1) is 12.4. The van der Waals surface area contributed by atoms with E-state index in [1.807, 2.05) is 19.1 Å². The number of rotatable bonds is 3. The second-order valence-corrected chi connectivity index (χ2v) is 4.30. The van der Waals surface area contributed by atoms with Crippen molar-refractivity contribution in [2.45, 2.75) is 13.0 Å². The van der Waals surface area contributed by atoms with E-state index in [4.69, 9.17) is 5.73 Å². The largest absolute Gasteiger partial charge is 0.323 e. The molecule has 0 amide bonds. The lowest BCUT2D eigenvalue weighted by atomic mass is 10.2. The zero-order valence-electron chi connectivity index (χ0n) is 10.9. The van der Waals surface area contributed by atoms with Crippen molar-refractivity contribution in [1.82, 2.24) is 29.7 Å². The Morgan fingerprint density at radius 2 is 2.00 bits per heavy atom. The van der Waals surface area contributed by atoms with Crippen LogP contribution in [-0.2, 0) is 0 Å². The Kier molecular flexibility index (Phi) is 3.18. The zero-order chi connectivity index (χ0) is 13.9. The first-order valence-corrected chi connectivity index (χ1v) is 6.14. The van der Waals surface area contributed by atoms with Crippen LogP contribution in [0.5, 0.6) is 0 Å². The second kappa shape index (κ2) is 5.14. The van der Waals surface area contributed by atoms with Gasteiger partial charge >= 0.3 is 0 Å². The second-order valence-electron chi connectivity index (χ2n) is 4.30. The van der Waals surface area contributed by atoms with Crippen molar-refractivity contribution in [3.05, 3.63) is 48.9 Å². The molecule has 20 heavy (non-hydrogen) atoms. The molecule has 0 bridgehead atoms. The molecule has 100 valence electrons. The fourth-order valence-electron chi connectivity index (χ4n) is 1.84. The van der Waals surface area contributed by atoms with E-state index in [2.05, 4.69) is 25.0 Å². The van der Waals surface area contributed by atoms with Gasteiger partial charge in [0.25, 0.3) is 0 Å². The summed E-state index contributed by atoms with van der Waals surface area (Å²) < 4.78 is 1.64. The van der Waals surface area contributed by atoms with Gasteiger partial charge in [0.05, 0.1) is 17.6 Å². The van der Waals surface area contributed by atoms with Gasteiger partial charge in [0.1, 0.15) is 12.0 Å². The van der Waals surface area contributed by atoms with E-state index in [9.17, 15) is 0 Å². The van der Waals surface area contributed by atoms with Gasteiger partial charge in [-0.25, -0.2) is 14.6 Å². The summed E-state index contributed by atoms with van der Waals surface area (Å²) in [7, 11) is 0. The van der Waals surface area contributed by atoms with E-state index in [0.717, 1.165) is 5.69 Å². The van der Waals surface area contributed by atoms with Crippen LogP contribution in [0.2, 0.25) is 0 Å². The molecule has 2 N–H and O–H groups in total. The fraction of sp³-hybridized carbons (Fsp3) is 0.154. The van der Waals surface area contributed by atoms with Crippen molar-refractivity contribution >= 4 is 0 Å². The van der Waals surface area contributed by atoms with Gasteiger partial charge in [-0.2, -0.15) is 0 Å². The molecule has 0 spiro atoms. The summed E-state index contributed by atoms with van der Waals surface area (Å²) in [5.74, 6) is 0.495. The van der Waals surface area contributed by atoms with Gasteiger partial charge in [0.15, 0.2) is 0 Å². The number of pyridine rings is 1. The lowest BCUT2D eigenvalue weighted by Crippen LogP contribution is -2.10. The number of hydrogen-bond acceptors (Lipinski definition) is 6. The first-order chi connectivity index (χ1) is 9.75. The first-order valence-electron chi connectivity index (χ1n) is 6.14. The highest BCUT2D eigenvalue weighted by Crippen LogP contribution is 2.20. The maximum absolute atomic E-state index is 5.89. The lowest BCUT2D eigenvalue weighted by molar-refractivity contribution is 0.772. The van der Waals surface area contributed by atoms with E-state index in [1.165, 1.54) is 0 Å². The van der Waals surface area contributed by atoms with Gasteiger partial charge in [-0.1, -0.05) is 0 Å². The summed E-state index contributed by atoms with van der Waals surface area (Å²) in [6, 6.07) is 3.50. The predicted octanol–water partition coefficient (Wildman–Crippen LogP) is 1.14. The molecule has 1 atom stereocenters. The van der Waals surface area contributed by atoms with Crippen molar-refractivity contribution in [3.8, 4) is 17.2 Å². The van der Waals surface area contributed by atoms with Gasteiger partial charge in [-0.3, -0.25) is 9.97 Å². The van der Waals surface area contributed by atoms with E-state index in [-0.39, 0.29) is 6.04 Å². The molecule has 3 heterocycles. The molecule has 7 heteroatoms. The molecule has 0 aliphatic carbocycles. The zero-order valence-corrected chi connectivity index (χ0v) is 10.9. The lowest BCUT2D eigenvalue weighted by Gasteiger charge is -2.07. The SMILES string of the molecule is CC(N)c1nccnc1-c1ncn(-c2cccnc2)n1. The molecule has 0 saturated carbocycles. The van der Waals surface area contributed by atoms with Crippen molar-refractivity contribution in [3.63, 3.8) is 0 Å². The van der Waals surface area contributed by atoms with Crippen molar-refractivity contribution in [1.29, 1.82) is 0 Å². The van der Waals surface area contributed by atoms with Crippen LogP contribution in [0.4, 0.5) is 0 Å². The molecule has 3 aromatic heterocycles. The minimum Gasteiger partial charge on any atom is -0.323 e. The summed E-state index contributed by atoms with van der Waals surface area (Å²) in [4.78, 5) is 16.9. The van der Waals surface area contributed by atoms with Gasteiger partial charge < -0.3 is 5.73 Å². The third kappa shape index (κ3) is 2.26. The van der Waals surface area contributed by atoms with Crippen LogP contribution in [0.25, 0.3) is 17.2 Å². The van der Waals surface area contributed by atoms with Crippen LogP contribution in [0.1, 0.15) is 18.7 Å². The Balaban J connectivity index is 2.03. The Morgan fingerprint density at radius 1 is 1.15 bits per heavy atom. The van der Waals surface area contributed by atoms with E-state index < -0.39 is 0 Å². The standard InChI is InChI=1S/C13H13N7/c1-9(14)11-12(17-6-5-16-11)13-18-8-20(19-13)10-3-2-4-15-7-10/h2-9H,14H2,1H3. The quantitative estimate of drug-likeness (QED) is 0.764. The highest BCUT2D eigenvalue weighted by molar-refractivity contribution is 5.52. The molecule has 0 aliphatic heterocycles. The number of nitrogens with two attached hydrogens (primary N) is 1. The molecule has 7 nitrogen and oxygen atoms in total. The Hall–Kier alpha value is -2.67. The van der Waals surface area contributed by atoms with Gasteiger partial charge in [0, 0.05) is 24.6 Å². The molecule has 3 rings (SSSR count). The van der Waals surface area contributed by atoms with Crippen LogP contribution >= 0.6 is 0 Å². The molecule has 0 saturated heterocycles. The summed E-state index contributed by atoms with van der Waals surface area (Å²) in [5, 5.41) is 4.40. The number of nitrogens with zero attached hydrogens (tertiary/aromatic N) is 6. The summed E-state index contributed by atoms with van der Waals surface area (Å²) in [5.41, 5.74) is 8.01. The highest BCUT2D eigenvalue weighted by Gasteiger charge is 2.15. The molecule has 0 aromatic carbocycles. The molecule has 0 aliphatic rings. The van der Waals surface area contributed by atoms with Gasteiger partial charge in [-0.15, -0.1) is 5.10 Å². The van der Waals surface area contributed by atoms with Crippen LogP contribution in [0.3, 0.4) is 0 Å². The van der Waals surface area contributed by atoms with Crippen LogP contribution in [-0.4, -0.2) is 29.7 Å². The molecule has 3 aromatic rings. The smallest absolute Gasteiger partial charge is 0.202 e. The maximum Gasteiger partial charge on any atom is 0.202 e. The molecular weight excluding hydrogens is 254 g/mol. The highest BCUT2D eigenvalue weighted by atomic mass is 15.3. The minimum absolute atomic E-state index is 0.232. The van der Waals surface area contributed by atoms with Crippen molar-refractivity contribution < 1.29 is 0 Å². The predicted molar refractivity (Wildman–Crippen MR) is 72.8 cm³/mol.